The third-order valence-electron chi connectivity index (χ3n) is 3.73. The van der Waals surface area contributed by atoms with E-state index < -0.39 is 0 Å². The Morgan fingerprint density at radius 3 is 2.85 bits per heavy atom. The van der Waals surface area contributed by atoms with E-state index in [1.165, 1.54) is 29.2 Å². The summed E-state index contributed by atoms with van der Waals surface area (Å²) in [6.07, 6.45) is 7.07. The minimum atomic E-state index is 0.280. The number of hydrogen-bond donors (Lipinski definition) is 2. The van der Waals surface area contributed by atoms with Gasteiger partial charge in [0.05, 0.1) is 0 Å². The summed E-state index contributed by atoms with van der Waals surface area (Å²) < 4.78 is 0. The van der Waals surface area contributed by atoms with Crippen LogP contribution in [0.15, 0.2) is 36.7 Å². The highest BCUT2D eigenvalue weighted by molar-refractivity contribution is 5.84. The maximum atomic E-state index is 9.08. The summed E-state index contributed by atoms with van der Waals surface area (Å²) >= 11 is 0. The van der Waals surface area contributed by atoms with Crippen LogP contribution in [0, 0.1) is 5.92 Å². The molecule has 0 saturated carbocycles. The van der Waals surface area contributed by atoms with Gasteiger partial charge >= 0.3 is 0 Å². The Kier molecular flexibility index (Phi) is 5.96. The molecule has 3 nitrogen and oxygen atoms in total. The van der Waals surface area contributed by atoms with E-state index in [0.29, 0.717) is 5.92 Å². The molecule has 1 atom stereocenters. The second-order valence-corrected chi connectivity index (χ2v) is 5.32. The van der Waals surface area contributed by atoms with Crippen LogP contribution in [0.3, 0.4) is 0 Å². The maximum Gasteiger partial charge on any atom is 0.0434 e. The molecule has 3 heteroatoms. The van der Waals surface area contributed by atoms with Crippen molar-refractivity contribution in [3.05, 3.63) is 42.2 Å². The number of fused-ring (bicyclic) bond motifs is 1. The number of aliphatic hydroxyl groups excluding tert-OH is 1. The number of hydrogen-bond acceptors (Lipinski definition) is 3. The molecule has 0 radical (unpaired) electrons. The lowest BCUT2D eigenvalue weighted by atomic mass is 10.00. The predicted octanol–water partition coefficient (Wildman–Crippen LogP) is 3.12. The van der Waals surface area contributed by atoms with Crippen molar-refractivity contribution in [2.75, 3.05) is 13.2 Å². The summed E-state index contributed by atoms with van der Waals surface area (Å²) in [6.45, 7) is 4.26. The maximum absolute atomic E-state index is 9.08. The highest BCUT2D eigenvalue weighted by Gasteiger charge is 2.07. The van der Waals surface area contributed by atoms with Crippen molar-refractivity contribution in [1.29, 1.82) is 0 Å². The molecule has 1 aromatic carbocycles. The average Bonchev–Trinajstić information content (AvgIpc) is 2.48. The van der Waals surface area contributed by atoms with Gasteiger partial charge in [-0.2, -0.15) is 0 Å². The van der Waals surface area contributed by atoms with E-state index in [1.807, 2.05) is 18.5 Å². The van der Waals surface area contributed by atoms with Gasteiger partial charge in [0, 0.05) is 30.9 Å². The van der Waals surface area contributed by atoms with Crippen LogP contribution < -0.4 is 5.32 Å². The largest absolute Gasteiger partial charge is 0.396 e. The first-order valence-electron chi connectivity index (χ1n) is 7.48. The quantitative estimate of drug-likeness (QED) is 0.776. The number of aliphatic hydroxyl groups is 1. The molecule has 0 aliphatic heterocycles. The second kappa shape index (κ2) is 7.98. The molecule has 1 unspecified atom stereocenters. The van der Waals surface area contributed by atoms with Crippen molar-refractivity contribution < 1.29 is 5.11 Å². The summed E-state index contributed by atoms with van der Waals surface area (Å²) in [4.78, 5) is 4.30. The van der Waals surface area contributed by atoms with Gasteiger partial charge in [-0.25, -0.2) is 0 Å². The number of nitrogens with one attached hydrogen (secondary N) is 1. The Hall–Kier alpha value is -1.45. The zero-order valence-electron chi connectivity index (χ0n) is 12.2. The van der Waals surface area contributed by atoms with Gasteiger partial charge in [-0.15, -0.1) is 0 Å². The minimum absolute atomic E-state index is 0.280. The summed E-state index contributed by atoms with van der Waals surface area (Å²) in [5.41, 5.74) is 1.24. The number of rotatable bonds is 8. The van der Waals surface area contributed by atoms with Crippen molar-refractivity contribution in [2.45, 2.75) is 32.7 Å². The fourth-order valence-corrected chi connectivity index (χ4v) is 2.67. The molecule has 0 spiro atoms. The summed E-state index contributed by atoms with van der Waals surface area (Å²) in [5, 5.41) is 15.1. The summed E-state index contributed by atoms with van der Waals surface area (Å²) in [6, 6.07) is 8.35. The van der Waals surface area contributed by atoms with Crippen LogP contribution in [0.1, 0.15) is 31.7 Å². The monoisotopic (exact) mass is 272 g/mol. The molecule has 0 aliphatic rings. The number of pyridine rings is 1. The van der Waals surface area contributed by atoms with Crippen LogP contribution in [0.4, 0.5) is 0 Å². The summed E-state index contributed by atoms with van der Waals surface area (Å²) in [7, 11) is 0. The molecule has 2 rings (SSSR count). The van der Waals surface area contributed by atoms with Crippen molar-refractivity contribution >= 4 is 10.8 Å². The van der Waals surface area contributed by atoms with Crippen LogP contribution in [-0.2, 0) is 6.54 Å². The van der Waals surface area contributed by atoms with Gasteiger partial charge in [-0.3, -0.25) is 4.98 Å². The topological polar surface area (TPSA) is 45.1 Å². The van der Waals surface area contributed by atoms with Crippen LogP contribution in [-0.4, -0.2) is 23.2 Å². The molecule has 0 saturated heterocycles. The van der Waals surface area contributed by atoms with E-state index in [4.69, 9.17) is 5.11 Å². The van der Waals surface area contributed by atoms with E-state index in [2.05, 4.69) is 35.4 Å². The number of aromatic nitrogens is 1. The first kappa shape index (κ1) is 14.9. The molecule has 2 N–H and O–H groups in total. The lowest BCUT2D eigenvalue weighted by Crippen LogP contribution is -2.23. The van der Waals surface area contributed by atoms with E-state index in [1.54, 1.807) is 0 Å². The van der Waals surface area contributed by atoms with Crippen molar-refractivity contribution in [3.63, 3.8) is 0 Å². The van der Waals surface area contributed by atoms with Gasteiger partial charge < -0.3 is 10.4 Å². The highest BCUT2D eigenvalue weighted by atomic mass is 16.3. The van der Waals surface area contributed by atoms with Gasteiger partial charge in [0.25, 0.3) is 0 Å². The summed E-state index contributed by atoms with van der Waals surface area (Å²) in [5.74, 6) is 0.563. The zero-order valence-corrected chi connectivity index (χ0v) is 12.2. The van der Waals surface area contributed by atoms with E-state index in [-0.39, 0.29) is 6.61 Å². The molecule has 108 valence electrons. The minimum Gasteiger partial charge on any atom is -0.396 e. The fraction of sp³-hybridized carbons (Fsp3) is 0.471. The molecule has 0 bridgehead atoms. The molecular weight excluding hydrogens is 248 g/mol. The molecule has 0 amide bonds. The van der Waals surface area contributed by atoms with E-state index in [0.717, 1.165) is 19.5 Å². The Balaban J connectivity index is 1.95. The molecule has 20 heavy (non-hydrogen) atoms. The number of benzene rings is 1. The SMILES string of the molecule is CCCC(CCO)CNCc1cncc2ccccc12. The van der Waals surface area contributed by atoms with Crippen LogP contribution in [0.25, 0.3) is 10.8 Å². The Morgan fingerprint density at radius 2 is 2.05 bits per heavy atom. The Labute approximate surface area is 121 Å². The zero-order chi connectivity index (χ0) is 14.2. The molecule has 1 aromatic heterocycles. The van der Waals surface area contributed by atoms with Gasteiger partial charge in [-0.05, 0) is 36.3 Å². The lowest BCUT2D eigenvalue weighted by Gasteiger charge is -2.16. The molecule has 0 aliphatic carbocycles. The standard InChI is InChI=1S/C17H24N2O/c1-2-5-14(8-9-20)10-18-12-16-13-19-11-15-6-3-4-7-17(15)16/h3-4,6-7,11,13-14,18,20H,2,5,8-10,12H2,1H3. The van der Waals surface area contributed by atoms with Crippen molar-refractivity contribution in [1.82, 2.24) is 10.3 Å². The van der Waals surface area contributed by atoms with Crippen LogP contribution in [0.5, 0.6) is 0 Å². The van der Waals surface area contributed by atoms with Crippen molar-refractivity contribution in [3.8, 4) is 0 Å². The first-order valence-corrected chi connectivity index (χ1v) is 7.48. The third-order valence-corrected chi connectivity index (χ3v) is 3.73. The normalized spacial score (nSPS) is 12.7. The van der Waals surface area contributed by atoms with E-state index in [9.17, 15) is 0 Å². The average molecular weight is 272 g/mol. The second-order valence-electron chi connectivity index (χ2n) is 5.32. The highest BCUT2D eigenvalue weighted by Crippen LogP contribution is 2.17. The van der Waals surface area contributed by atoms with E-state index >= 15 is 0 Å². The predicted molar refractivity (Wildman–Crippen MR) is 83.6 cm³/mol. The van der Waals surface area contributed by atoms with Gasteiger partial charge in [0.15, 0.2) is 0 Å². The van der Waals surface area contributed by atoms with Crippen molar-refractivity contribution in [2.24, 2.45) is 5.92 Å². The molecular formula is C17H24N2O. The lowest BCUT2D eigenvalue weighted by molar-refractivity contribution is 0.248. The molecule has 0 fully saturated rings. The Bertz CT molecular complexity index is 516. The van der Waals surface area contributed by atoms with Gasteiger partial charge in [0.2, 0.25) is 0 Å². The van der Waals surface area contributed by atoms with Crippen LogP contribution >= 0.6 is 0 Å². The van der Waals surface area contributed by atoms with Crippen LogP contribution in [0.2, 0.25) is 0 Å². The third kappa shape index (κ3) is 4.02. The number of nitrogens with zero attached hydrogens (tertiary/aromatic N) is 1. The Morgan fingerprint density at radius 1 is 1.20 bits per heavy atom. The smallest absolute Gasteiger partial charge is 0.0434 e. The van der Waals surface area contributed by atoms with Gasteiger partial charge in [0.1, 0.15) is 0 Å². The van der Waals surface area contributed by atoms with Gasteiger partial charge in [-0.1, -0.05) is 37.6 Å². The first-order chi connectivity index (χ1) is 9.85. The fourth-order valence-electron chi connectivity index (χ4n) is 2.67. The molecule has 1 heterocycles. The molecule has 2 aromatic rings.